The summed E-state index contributed by atoms with van der Waals surface area (Å²) < 4.78 is 31.4. The van der Waals surface area contributed by atoms with E-state index in [0.29, 0.717) is 34.4 Å². The van der Waals surface area contributed by atoms with Gasteiger partial charge >= 0.3 is 12.2 Å². The lowest BCUT2D eigenvalue weighted by Crippen LogP contribution is -2.19. The quantitative estimate of drug-likeness (QED) is 0.448. The van der Waals surface area contributed by atoms with Crippen molar-refractivity contribution in [1.29, 1.82) is 0 Å². The second-order valence-corrected chi connectivity index (χ2v) is 7.16. The van der Waals surface area contributed by atoms with Crippen molar-refractivity contribution in [1.82, 2.24) is 0 Å². The molecular formula is C25H26N2O8. The van der Waals surface area contributed by atoms with Gasteiger partial charge in [-0.05, 0) is 24.6 Å². The van der Waals surface area contributed by atoms with Gasteiger partial charge in [0.1, 0.15) is 34.5 Å². The lowest BCUT2D eigenvalue weighted by Gasteiger charge is -2.13. The largest absolute Gasteiger partial charge is 0.496 e. The van der Waals surface area contributed by atoms with Gasteiger partial charge in [-0.3, -0.25) is 10.6 Å². The Bertz CT molecular complexity index is 1170. The maximum Gasteiger partial charge on any atom is 0.417 e. The van der Waals surface area contributed by atoms with Crippen molar-refractivity contribution >= 4 is 23.6 Å². The van der Waals surface area contributed by atoms with E-state index in [2.05, 4.69) is 10.6 Å². The number of aryl methyl sites for hydroxylation is 1. The summed E-state index contributed by atoms with van der Waals surface area (Å²) in [5.41, 5.74) is 1.58. The Morgan fingerprint density at radius 2 is 0.971 bits per heavy atom. The van der Waals surface area contributed by atoms with Gasteiger partial charge in [-0.2, -0.15) is 0 Å². The average molecular weight is 482 g/mol. The predicted molar refractivity (Wildman–Crippen MR) is 130 cm³/mol. The van der Waals surface area contributed by atoms with Gasteiger partial charge in [0, 0.05) is 47.8 Å². The third kappa shape index (κ3) is 6.94. The zero-order valence-corrected chi connectivity index (χ0v) is 20.0. The molecule has 0 saturated carbocycles. The van der Waals surface area contributed by atoms with Crippen molar-refractivity contribution in [2.24, 2.45) is 0 Å². The minimum absolute atomic E-state index is 0.237. The molecule has 10 nitrogen and oxygen atoms in total. The Hall–Kier alpha value is -4.60. The van der Waals surface area contributed by atoms with Crippen LogP contribution in [0.2, 0.25) is 0 Å². The van der Waals surface area contributed by atoms with Crippen LogP contribution in [0.3, 0.4) is 0 Å². The van der Waals surface area contributed by atoms with Gasteiger partial charge in [0.25, 0.3) is 0 Å². The zero-order valence-electron chi connectivity index (χ0n) is 20.0. The highest BCUT2D eigenvalue weighted by atomic mass is 16.6. The molecule has 35 heavy (non-hydrogen) atoms. The van der Waals surface area contributed by atoms with Gasteiger partial charge in [-0.15, -0.1) is 0 Å². The third-order valence-corrected chi connectivity index (χ3v) is 4.79. The molecule has 0 atom stereocenters. The molecule has 10 heteroatoms. The van der Waals surface area contributed by atoms with Gasteiger partial charge in [0.15, 0.2) is 0 Å². The number of ether oxygens (including phenoxy) is 6. The molecule has 0 aliphatic heterocycles. The Kier molecular flexibility index (Phi) is 8.23. The van der Waals surface area contributed by atoms with Crippen molar-refractivity contribution in [3.8, 4) is 34.5 Å². The van der Waals surface area contributed by atoms with E-state index in [1.165, 1.54) is 28.4 Å². The maximum absolute atomic E-state index is 12.5. The molecule has 0 bridgehead atoms. The zero-order chi connectivity index (χ0) is 25.4. The second-order valence-electron chi connectivity index (χ2n) is 7.16. The number of carbonyl (C=O) groups is 2. The maximum atomic E-state index is 12.5. The fourth-order valence-corrected chi connectivity index (χ4v) is 3.01. The highest BCUT2D eigenvalue weighted by Crippen LogP contribution is 2.29. The van der Waals surface area contributed by atoms with E-state index in [4.69, 9.17) is 28.4 Å². The van der Waals surface area contributed by atoms with Gasteiger partial charge in [0.2, 0.25) is 0 Å². The highest BCUT2D eigenvalue weighted by molar-refractivity contribution is 5.91. The van der Waals surface area contributed by atoms with Crippen LogP contribution in [-0.2, 0) is 0 Å². The molecule has 3 aromatic carbocycles. The average Bonchev–Trinajstić information content (AvgIpc) is 2.85. The number of benzene rings is 3. The minimum Gasteiger partial charge on any atom is -0.496 e. The minimum atomic E-state index is -0.735. The summed E-state index contributed by atoms with van der Waals surface area (Å²) in [4.78, 5) is 24.9. The van der Waals surface area contributed by atoms with Gasteiger partial charge in [-0.25, -0.2) is 9.59 Å². The van der Waals surface area contributed by atoms with Gasteiger partial charge in [0.05, 0.1) is 28.4 Å². The molecule has 0 saturated heterocycles. The van der Waals surface area contributed by atoms with E-state index in [0.717, 1.165) is 5.56 Å². The second kappa shape index (κ2) is 11.5. The smallest absolute Gasteiger partial charge is 0.417 e. The number of carbonyl (C=O) groups excluding carboxylic acids is 2. The van der Waals surface area contributed by atoms with E-state index >= 15 is 0 Å². The monoisotopic (exact) mass is 482 g/mol. The van der Waals surface area contributed by atoms with Crippen LogP contribution in [0.1, 0.15) is 5.56 Å². The molecule has 0 radical (unpaired) electrons. The van der Waals surface area contributed by atoms with Crippen molar-refractivity contribution < 1.29 is 38.0 Å². The summed E-state index contributed by atoms with van der Waals surface area (Å²) in [6.45, 7) is 1.80. The summed E-state index contributed by atoms with van der Waals surface area (Å²) in [5, 5.41) is 5.28. The molecule has 2 N–H and O–H groups in total. The molecule has 0 fully saturated rings. The van der Waals surface area contributed by atoms with E-state index in [1.807, 2.05) is 0 Å². The molecule has 3 aromatic rings. The number of anilines is 2. The van der Waals surface area contributed by atoms with Crippen LogP contribution in [0, 0.1) is 6.92 Å². The number of amides is 2. The first-order valence-electron chi connectivity index (χ1n) is 10.4. The molecule has 3 rings (SSSR count). The van der Waals surface area contributed by atoms with Crippen LogP contribution in [0.5, 0.6) is 34.5 Å². The Balaban J connectivity index is 1.67. The van der Waals surface area contributed by atoms with E-state index in [9.17, 15) is 9.59 Å². The van der Waals surface area contributed by atoms with Crippen LogP contribution in [-0.4, -0.2) is 40.6 Å². The van der Waals surface area contributed by atoms with Crippen LogP contribution < -0.4 is 39.1 Å². The molecule has 184 valence electrons. The standard InChI is InChI=1S/C25H26N2O8/c1-15-6-7-16(26-24(28)34-21-11-17(30-2)9-18(12-21)31-3)8-23(15)27-25(29)35-22-13-19(32-4)10-20(14-22)33-5/h6-14H,1-5H3,(H,26,28)(H,27,29). The number of rotatable bonds is 8. The summed E-state index contributed by atoms with van der Waals surface area (Å²) in [5.74, 6) is 2.37. The molecular weight excluding hydrogens is 456 g/mol. The molecule has 0 aromatic heterocycles. The van der Waals surface area contributed by atoms with Gasteiger partial charge in [-0.1, -0.05) is 6.07 Å². The van der Waals surface area contributed by atoms with E-state index in [-0.39, 0.29) is 11.5 Å². The summed E-state index contributed by atoms with van der Waals surface area (Å²) in [7, 11) is 5.98. The van der Waals surface area contributed by atoms with Crippen LogP contribution in [0.15, 0.2) is 54.6 Å². The summed E-state index contributed by atoms with van der Waals surface area (Å²) in [6.07, 6.45) is -1.47. The summed E-state index contributed by atoms with van der Waals surface area (Å²) in [6, 6.07) is 14.5. The van der Waals surface area contributed by atoms with Crippen molar-refractivity contribution in [3.05, 3.63) is 60.2 Å². The fraction of sp³-hybridized carbons (Fsp3) is 0.200. The Morgan fingerprint density at radius 3 is 1.40 bits per heavy atom. The van der Waals surface area contributed by atoms with E-state index in [1.54, 1.807) is 61.5 Å². The normalized spacial score (nSPS) is 10.1. The lowest BCUT2D eigenvalue weighted by molar-refractivity contribution is 0.214. The topological polar surface area (TPSA) is 114 Å². The number of hydrogen-bond donors (Lipinski definition) is 2. The first-order chi connectivity index (χ1) is 16.8. The van der Waals surface area contributed by atoms with E-state index < -0.39 is 12.2 Å². The highest BCUT2D eigenvalue weighted by Gasteiger charge is 2.13. The molecule has 0 aliphatic rings. The predicted octanol–water partition coefficient (Wildman–Crippen LogP) is 5.25. The van der Waals surface area contributed by atoms with Crippen LogP contribution in [0.25, 0.3) is 0 Å². The number of hydrogen-bond acceptors (Lipinski definition) is 8. The molecule has 0 spiro atoms. The van der Waals surface area contributed by atoms with Crippen molar-refractivity contribution in [2.45, 2.75) is 6.92 Å². The van der Waals surface area contributed by atoms with Gasteiger partial charge < -0.3 is 28.4 Å². The first kappa shape index (κ1) is 25.0. The van der Waals surface area contributed by atoms with Crippen LogP contribution in [0.4, 0.5) is 21.0 Å². The molecule has 0 unspecified atom stereocenters. The molecule has 2 amide bonds. The Morgan fingerprint density at radius 1 is 0.571 bits per heavy atom. The fourth-order valence-electron chi connectivity index (χ4n) is 3.01. The summed E-state index contributed by atoms with van der Waals surface area (Å²) >= 11 is 0. The molecule has 0 heterocycles. The first-order valence-corrected chi connectivity index (χ1v) is 10.4. The SMILES string of the molecule is COc1cc(OC)cc(OC(=O)Nc2ccc(C)c(NC(=O)Oc3cc(OC)cc(OC)c3)c2)c1. The Labute approximate surface area is 202 Å². The van der Waals surface area contributed by atoms with Crippen LogP contribution >= 0.6 is 0 Å². The van der Waals surface area contributed by atoms with Crippen molar-refractivity contribution in [3.63, 3.8) is 0 Å². The van der Waals surface area contributed by atoms with Crippen molar-refractivity contribution in [2.75, 3.05) is 39.1 Å². The number of nitrogens with one attached hydrogen (secondary N) is 2. The molecule has 0 aliphatic carbocycles. The number of methoxy groups -OCH3 is 4. The lowest BCUT2D eigenvalue weighted by atomic mass is 10.2. The third-order valence-electron chi connectivity index (χ3n) is 4.79.